The Hall–Kier alpha value is -1.85. The van der Waals surface area contributed by atoms with Crippen LogP contribution in [-0.4, -0.2) is 34.7 Å². The highest BCUT2D eigenvalue weighted by molar-refractivity contribution is 6.30. The number of piperidine rings is 1. The summed E-state index contributed by atoms with van der Waals surface area (Å²) in [7, 11) is 1.78. The molecule has 138 valence electrons. The zero-order valence-electron chi connectivity index (χ0n) is 15.1. The Bertz CT molecular complexity index is 813. The molecule has 2 aliphatic rings. The average molecular weight is 373 g/mol. The lowest BCUT2D eigenvalue weighted by Gasteiger charge is -2.41. The third kappa shape index (κ3) is 3.64. The topological polar surface area (TPSA) is 50.2 Å². The molecule has 4 rings (SSSR count). The van der Waals surface area contributed by atoms with Gasteiger partial charge in [-0.15, -0.1) is 0 Å². The van der Waals surface area contributed by atoms with Crippen LogP contribution in [-0.2, 0) is 7.05 Å². The van der Waals surface area contributed by atoms with Crippen molar-refractivity contribution in [1.82, 2.24) is 14.9 Å². The average Bonchev–Trinajstić information content (AvgIpc) is 2.61. The first kappa shape index (κ1) is 17.6. The minimum absolute atomic E-state index is 0.0143. The largest absolute Gasteiger partial charge is 0.350 e. The second-order valence-corrected chi connectivity index (χ2v) is 7.97. The lowest BCUT2D eigenvalue weighted by Crippen LogP contribution is -2.53. The minimum atomic E-state index is -0.0143. The molecule has 1 aromatic carbocycles. The quantitative estimate of drug-likeness (QED) is 0.896. The van der Waals surface area contributed by atoms with E-state index in [0.29, 0.717) is 23.8 Å². The number of hydrogen-bond donors (Lipinski definition) is 1. The summed E-state index contributed by atoms with van der Waals surface area (Å²) in [6.07, 6.45) is 8.00. The summed E-state index contributed by atoms with van der Waals surface area (Å²) >= 11 is 5.97. The molecule has 1 aromatic heterocycles. The van der Waals surface area contributed by atoms with E-state index in [9.17, 15) is 4.79 Å². The van der Waals surface area contributed by atoms with Crippen molar-refractivity contribution >= 4 is 17.4 Å². The summed E-state index contributed by atoms with van der Waals surface area (Å²) in [5.41, 5.74) is 1.37. The lowest BCUT2D eigenvalue weighted by atomic mass is 9.75. The fourth-order valence-electron chi connectivity index (χ4n) is 4.10. The molecule has 5 nitrogen and oxygen atoms in total. The molecule has 0 bridgehead atoms. The first-order valence-electron chi connectivity index (χ1n) is 9.38. The smallest absolute Gasteiger partial charge is 0.293 e. The number of nitrogens with one attached hydrogen (secondary N) is 1. The Kier molecular flexibility index (Phi) is 5.00. The third-order valence-corrected chi connectivity index (χ3v) is 5.92. The van der Waals surface area contributed by atoms with Gasteiger partial charge in [-0.3, -0.25) is 4.79 Å². The summed E-state index contributed by atoms with van der Waals surface area (Å²) in [5, 5.41) is 4.59. The van der Waals surface area contributed by atoms with E-state index < -0.39 is 0 Å². The van der Waals surface area contributed by atoms with E-state index >= 15 is 0 Å². The second kappa shape index (κ2) is 7.41. The number of anilines is 1. The molecule has 0 amide bonds. The molecule has 6 heteroatoms. The number of aryl methyl sites for hydroxylation is 1. The van der Waals surface area contributed by atoms with E-state index in [1.807, 2.05) is 12.1 Å². The normalized spacial score (nSPS) is 25.8. The summed E-state index contributed by atoms with van der Waals surface area (Å²) in [6, 6.07) is 9.22. The number of hydrogen-bond acceptors (Lipinski definition) is 4. The second-order valence-electron chi connectivity index (χ2n) is 7.54. The van der Waals surface area contributed by atoms with Gasteiger partial charge in [0, 0.05) is 49.6 Å². The minimum Gasteiger partial charge on any atom is -0.350 e. The van der Waals surface area contributed by atoms with E-state index in [2.05, 4.69) is 27.3 Å². The van der Waals surface area contributed by atoms with Gasteiger partial charge in [0.05, 0.1) is 0 Å². The molecule has 1 aliphatic carbocycles. The van der Waals surface area contributed by atoms with Crippen LogP contribution in [0.2, 0.25) is 5.02 Å². The van der Waals surface area contributed by atoms with Gasteiger partial charge in [-0.25, -0.2) is 4.98 Å². The fourth-order valence-corrected chi connectivity index (χ4v) is 4.23. The van der Waals surface area contributed by atoms with Gasteiger partial charge in [-0.1, -0.05) is 23.7 Å². The van der Waals surface area contributed by atoms with Crippen molar-refractivity contribution in [2.75, 3.05) is 18.0 Å². The highest BCUT2D eigenvalue weighted by atomic mass is 35.5. The van der Waals surface area contributed by atoms with Crippen molar-refractivity contribution in [3.05, 3.63) is 57.6 Å². The summed E-state index contributed by atoms with van der Waals surface area (Å²) in [6.45, 7) is 1.76. The highest BCUT2D eigenvalue weighted by Gasteiger charge is 2.33. The SMILES string of the molecule is Cn1ccnc(N2CCC[C@@H](NC3CC(c4ccc(Cl)cc4)C3)C2)c1=O. The molecule has 1 saturated carbocycles. The van der Waals surface area contributed by atoms with Crippen LogP contribution < -0.4 is 15.8 Å². The Balaban J connectivity index is 1.33. The molecule has 0 radical (unpaired) electrons. The van der Waals surface area contributed by atoms with E-state index in [1.165, 1.54) is 18.4 Å². The first-order chi connectivity index (χ1) is 12.6. The van der Waals surface area contributed by atoms with Crippen LogP contribution in [0.15, 0.2) is 41.5 Å². The number of nitrogens with zero attached hydrogens (tertiary/aromatic N) is 3. The number of rotatable bonds is 4. The molecule has 2 fully saturated rings. The summed E-state index contributed by atoms with van der Waals surface area (Å²) in [5.74, 6) is 1.21. The van der Waals surface area contributed by atoms with Crippen LogP contribution in [0.25, 0.3) is 0 Å². The monoisotopic (exact) mass is 372 g/mol. The van der Waals surface area contributed by atoms with E-state index in [1.54, 1.807) is 24.0 Å². The Morgan fingerprint density at radius 1 is 1.19 bits per heavy atom. The fraction of sp³-hybridized carbons (Fsp3) is 0.500. The third-order valence-electron chi connectivity index (χ3n) is 5.67. The summed E-state index contributed by atoms with van der Waals surface area (Å²) in [4.78, 5) is 18.8. The van der Waals surface area contributed by atoms with Gasteiger partial charge in [-0.05, 0) is 49.3 Å². The zero-order chi connectivity index (χ0) is 18.1. The number of halogens is 1. The lowest BCUT2D eigenvalue weighted by molar-refractivity contribution is 0.251. The number of aromatic nitrogens is 2. The predicted octanol–water partition coefficient (Wildman–Crippen LogP) is 2.94. The van der Waals surface area contributed by atoms with Crippen molar-refractivity contribution in [3.63, 3.8) is 0 Å². The van der Waals surface area contributed by atoms with Crippen molar-refractivity contribution in [2.45, 2.75) is 43.7 Å². The Morgan fingerprint density at radius 2 is 1.96 bits per heavy atom. The molecule has 2 heterocycles. The van der Waals surface area contributed by atoms with Crippen LogP contribution in [0.5, 0.6) is 0 Å². The maximum Gasteiger partial charge on any atom is 0.293 e. The molecule has 26 heavy (non-hydrogen) atoms. The Labute approximate surface area is 159 Å². The van der Waals surface area contributed by atoms with E-state index in [-0.39, 0.29) is 5.56 Å². The van der Waals surface area contributed by atoms with Crippen LogP contribution in [0, 0.1) is 0 Å². The van der Waals surface area contributed by atoms with Crippen molar-refractivity contribution in [2.24, 2.45) is 7.05 Å². The molecular weight excluding hydrogens is 348 g/mol. The van der Waals surface area contributed by atoms with E-state index in [4.69, 9.17) is 11.6 Å². The molecule has 1 N–H and O–H groups in total. The van der Waals surface area contributed by atoms with Gasteiger partial charge in [0.15, 0.2) is 5.82 Å². The van der Waals surface area contributed by atoms with Crippen LogP contribution in [0.4, 0.5) is 5.82 Å². The molecular formula is C20H25ClN4O. The first-order valence-corrected chi connectivity index (χ1v) is 9.76. The molecule has 0 unspecified atom stereocenters. The maximum atomic E-state index is 12.3. The number of benzene rings is 1. The molecule has 1 saturated heterocycles. The highest BCUT2D eigenvalue weighted by Crippen LogP contribution is 2.37. The molecule has 0 spiro atoms. The van der Waals surface area contributed by atoms with Gasteiger partial charge in [-0.2, -0.15) is 0 Å². The van der Waals surface area contributed by atoms with Crippen LogP contribution in [0.1, 0.15) is 37.2 Å². The predicted molar refractivity (Wildman–Crippen MR) is 105 cm³/mol. The molecule has 1 aliphatic heterocycles. The van der Waals surface area contributed by atoms with Gasteiger partial charge >= 0.3 is 0 Å². The maximum absolute atomic E-state index is 12.3. The van der Waals surface area contributed by atoms with Gasteiger partial charge in [0.1, 0.15) is 0 Å². The summed E-state index contributed by atoms with van der Waals surface area (Å²) < 4.78 is 1.60. The van der Waals surface area contributed by atoms with E-state index in [0.717, 1.165) is 31.0 Å². The Morgan fingerprint density at radius 3 is 2.73 bits per heavy atom. The van der Waals surface area contributed by atoms with Crippen LogP contribution in [0.3, 0.4) is 0 Å². The molecule has 2 aromatic rings. The van der Waals surface area contributed by atoms with Crippen molar-refractivity contribution in [3.8, 4) is 0 Å². The van der Waals surface area contributed by atoms with Crippen LogP contribution >= 0.6 is 11.6 Å². The van der Waals surface area contributed by atoms with Gasteiger partial charge in [0.2, 0.25) is 0 Å². The van der Waals surface area contributed by atoms with Crippen molar-refractivity contribution in [1.29, 1.82) is 0 Å². The van der Waals surface area contributed by atoms with Gasteiger partial charge < -0.3 is 14.8 Å². The standard InChI is InChI=1S/C20H25ClN4O/c1-24-10-8-22-19(20(24)26)25-9-2-3-17(13-25)23-18-11-15(12-18)14-4-6-16(21)7-5-14/h4-8,10,15,17-18,23H,2-3,9,11-13H2,1H3/t15?,17-,18?/m1/s1. The zero-order valence-corrected chi connectivity index (χ0v) is 15.8. The van der Waals surface area contributed by atoms with Gasteiger partial charge in [0.25, 0.3) is 5.56 Å². The molecule has 1 atom stereocenters. The van der Waals surface area contributed by atoms with Crippen molar-refractivity contribution < 1.29 is 0 Å².